The minimum atomic E-state index is -1.11. The van der Waals surface area contributed by atoms with Gasteiger partial charge in [0.2, 0.25) is 0 Å². The number of esters is 4. The van der Waals surface area contributed by atoms with E-state index in [1.54, 1.807) is 0 Å². The smallest absolute Gasteiger partial charge is 0.347 e. The van der Waals surface area contributed by atoms with Crippen LogP contribution < -0.4 is 0 Å². The van der Waals surface area contributed by atoms with Crippen molar-refractivity contribution in [3.63, 3.8) is 0 Å². The lowest BCUT2D eigenvalue weighted by Crippen LogP contribution is -2.28. The fraction of sp³-hybridized carbons (Fsp3) is 0.727. The molecule has 0 bridgehead atoms. The third-order valence-corrected chi connectivity index (χ3v) is 4.84. The normalized spacial score (nSPS) is 13.2. The maximum absolute atomic E-state index is 11.9. The first kappa shape index (κ1) is 27.6. The zero-order valence-electron chi connectivity index (χ0n) is 19.0. The van der Waals surface area contributed by atoms with Gasteiger partial charge in [-0.2, -0.15) is 0 Å². The molecule has 0 N–H and O–H groups in total. The largest absolute Gasteiger partial charge is 0.463 e. The van der Waals surface area contributed by atoms with Crippen LogP contribution in [-0.2, 0) is 38.1 Å². The topological polar surface area (TPSA) is 105 Å². The number of hydrogen-bond acceptors (Lipinski definition) is 8. The third kappa shape index (κ3) is 11.6. The van der Waals surface area contributed by atoms with E-state index in [1.807, 2.05) is 27.7 Å². The van der Waals surface area contributed by atoms with E-state index >= 15 is 0 Å². The molecule has 8 heteroatoms. The Morgan fingerprint density at radius 2 is 0.933 bits per heavy atom. The standard InChI is InChI=1S/C22H36O8/c1-7-17(8-2)13-27-21(25)15(5)29-19(23)11-12-20(24)30-16(6)22(26)28-14-18(9-3)10-4/h11-12,15-18H,7-10,13-14H2,1-6H3/b12-11-/t15-,16-/m0/s1. The lowest BCUT2D eigenvalue weighted by atomic mass is 10.1. The van der Waals surface area contributed by atoms with Gasteiger partial charge in [-0.1, -0.05) is 53.4 Å². The molecule has 2 atom stereocenters. The summed E-state index contributed by atoms with van der Waals surface area (Å²) in [4.78, 5) is 47.2. The Bertz CT molecular complexity index is 526. The maximum Gasteiger partial charge on any atom is 0.347 e. The lowest BCUT2D eigenvalue weighted by molar-refractivity contribution is -0.165. The summed E-state index contributed by atoms with van der Waals surface area (Å²) in [7, 11) is 0. The van der Waals surface area contributed by atoms with Crippen molar-refractivity contribution in [2.45, 2.75) is 79.4 Å². The fourth-order valence-electron chi connectivity index (χ4n) is 2.34. The summed E-state index contributed by atoms with van der Waals surface area (Å²) in [5, 5.41) is 0. The summed E-state index contributed by atoms with van der Waals surface area (Å²) >= 11 is 0. The number of carbonyl (C=O) groups excluding carboxylic acids is 4. The van der Waals surface area contributed by atoms with Crippen molar-refractivity contribution in [3.05, 3.63) is 12.2 Å². The molecule has 0 aliphatic carbocycles. The summed E-state index contributed by atoms with van der Waals surface area (Å²) < 4.78 is 20.1. The fourth-order valence-corrected chi connectivity index (χ4v) is 2.34. The van der Waals surface area contributed by atoms with Crippen LogP contribution in [0.15, 0.2) is 12.2 Å². The second-order valence-electron chi connectivity index (χ2n) is 7.12. The molecule has 0 saturated heterocycles. The van der Waals surface area contributed by atoms with E-state index in [0.29, 0.717) is 0 Å². The molecule has 0 aliphatic heterocycles. The van der Waals surface area contributed by atoms with Crippen molar-refractivity contribution >= 4 is 23.9 Å². The van der Waals surface area contributed by atoms with Gasteiger partial charge in [-0.25, -0.2) is 19.2 Å². The molecule has 30 heavy (non-hydrogen) atoms. The van der Waals surface area contributed by atoms with Crippen LogP contribution in [0.25, 0.3) is 0 Å². The van der Waals surface area contributed by atoms with Crippen LogP contribution in [0.3, 0.4) is 0 Å². The van der Waals surface area contributed by atoms with Crippen LogP contribution in [0.5, 0.6) is 0 Å². The van der Waals surface area contributed by atoms with Gasteiger partial charge in [0.1, 0.15) is 0 Å². The molecule has 0 heterocycles. The molecule has 0 aliphatic rings. The Morgan fingerprint density at radius 3 is 1.20 bits per heavy atom. The molecule has 8 nitrogen and oxygen atoms in total. The van der Waals surface area contributed by atoms with E-state index in [9.17, 15) is 19.2 Å². The van der Waals surface area contributed by atoms with E-state index in [0.717, 1.165) is 37.8 Å². The van der Waals surface area contributed by atoms with Crippen molar-refractivity contribution in [2.75, 3.05) is 13.2 Å². The van der Waals surface area contributed by atoms with Crippen molar-refractivity contribution in [3.8, 4) is 0 Å². The summed E-state index contributed by atoms with van der Waals surface area (Å²) in [6.45, 7) is 11.3. The number of rotatable bonds is 14. The van der Waals surface area contributed by atoms with Gasteiger partial charge in [0.15, 0.2) is 12.2 Å². The number of hydrogen-bond donors (Lipinski definition) is 0. The van der Waals surface area contributed by atoms with Gasteiger partial charge in [-0.15, -0.1) is 0 Å². The van der Waals surface area contributed by atoms with Crippen LogP contribution in [-0.4, -0.2) is 49.3 Å². The maximum atomic E-state index is 11.9. The molecular formula is C22H36O8. The van der Waals surface area contributed by atoms with Gasteiger partial charge in [-0.3, -0.25) is 0 Å². The van der Waals surface area contributed by atoms with Crippen LogP contribution in [0.4, 0.5) is 0 Å². The highest BCUT2D eigenvalue weighted by Crippen LogP contribution is 2.10. The number of ether oxygens (including phenoxy) is 4. The van der Waals surface area contributed by atoms with Gasteiger partial charge < -0.3 is 18.9 Å². The van der Waals surface area contributed by atoms with Gasteiger partial charge >= 0.3 is 23.9 Å². The highest BCUT2D eigenvalue weighted by molar-refractivity contribution is 5.93. The van der Waals surface area contributed by atoms with Gasteiger partial charge in [0.05, 0.1) is 13.2 Å². The van der Waals surface area contributed by atoms with E-state index < -0.39 is 36.1 Å². The zero-order valence-corrected chi connectivity index (χ0v) is 19.0. The Morgan fingerprint density at radius 1 is 0.633 bits per heavy atom. The zero-order chi connectivity index (χ0) is 23.1. The van der Waals surface area contributed by atoms with Crippen molar-refractivity contribution in [1.82, 2.24) is 0 Å². The molecular weight excluding hydrogens is 392 g/mol. The highest BCUT2D eigenvalue weighted by atomic mass is 16.6. The summed E-state index contributed by atoms with van der Waals surface area (Å²) in [6.07, 6.45) is 2.97. The second-order valence-corrected chi connectivity index (χ2v) is 7.12. The highest BCUT2D eigenvalue weighted by Gasteiger charge is 2.21. The van der Waals surface area contributed by atoms with E-state index in [4.69, 9.17) is 18.9 Å². The second kappa shape index (κ2) is 15.5. The molecule has 0 aromatic heterocycles. The third-order valence-electron chi connectivity index (χ3n) is 4.84. The molecule has 0 aromatic carbocycles. The molecule has 0 amide bonds. The van der Waals surface area contributed by atoms with E-state index in [1.165, 1.54) is 13.8 Å². The first-order valence-corrected chi connectivity index (χ1v) is 10.6. The molecule has 0 unspecified atom stereocenters. The van der Waals surface area contributed by atoms with Crippen molar-refractivity contribution in [2.24, 2.45) is 11.8 Å². The van der Waals surface area contributed by atoms with Crippen LogP contribution in [0.1, 0.15) is 67.2 Å². The predicted molar refractivity (Wildman–Crippen MR) is 110 cm³/mol. The van der Waals surface area contributed by atoms with E-state index in [-0.39, 0.29) is 25.0 Å². The Labute approximate surface area is 179 Å². The predicted octanol–water partition coefficient (Wildman–Crippen LogP) is 3.36. The van der Waals surface area contributed by atoms with Gasteiger partial charge in [0, 0.05) is 12.2 Å². The minimum Gasteiger partial charge on any atom is -0.463 e. The van der Waals surface area contributed by atoms with Gasteiger partial charge in [-0.05, 0) is 25.7 Å². The molecule has 0 fully saturated rings. The summed E-state index contributed by atoms with van der Waals surface area (Å²) in [5.74, 6) is -2.59. The van der Waals surface area contributed by atoms with Gasteiger partial charge in [0.25, 0.3) is 0 Å². The molecule has 0 radical (unpaired) electrons. The molecule has 172 valence electrons. The van der Waals surface area contributed by atoms with Crippen LogP contribution >= 0.6 is 0 Å². The molecule has 0 aromatic rings. The molecule has 0 saturated carbocycles. The Balaban J connectivity index is 4.37. The molecule has 0 spiro atoms. The van der Waals surface area contributed by atoms with Crippen LogP contribution in [0, 0.1) is 11.8 Å². The average Bonchev–Trinajstić information content (AvgIpc) is 2.73. The first-order valence-electron chi connectivity index (χ1n) is 10.6. The SMILES string of the molecule is CCC(CC)COC(=O)[C@H](C)OC(=O)/C=C\C(=O)O[C@@H](C)C(=O)OCC(CC)CC. The lowest BCUT2D eigenvalue weighted by Gasteiger charge is -2.16. The number of carbonyl (C=O) groups is 4. The average molecular weight is 429 g/mol. The van der Waals surface area contributed by atoms with E-state index in [2.05, 4.69) is 0 Å². The first-order chi connectivity index (χ1) is 14.2. The minimum absolute atomic E-state index is 0.259. The van der Waals surface area contributed by atoms with Crippen LogP contribution in [0.2, 0.25) is 0 Å². The van der Waals surface area contributed by atoms with Crippen molar-refractivity contribution < 1.29 is 38.1 Å². The summed E-state index contributed by atoms with van der Waals surface area (Å²) in [6, 6.07) is 0. The molecule has 0 rings (SSSR count). The quantitative estimate of drug-likeness (QED) is 0.236. The Hall–Kier alpha value is -2.38. The van der Waals surface area contributed by atoms with Crippen molar-refractivity contribution in [1.29, 1.82) is 0 Å². The Kier molecular flexibility index (Phi) is 14.2. The summed E-state index contributed by atoms with van der Waals surface area (Å²) in [5.41, 5.74) is 0. The monoisotopic (exact) mass is 428 g/mol.